The lowest BCUT2D eigenvalue weighted by molar-refractivity contribution is -0.134. The number of para-hydroxylation sites is 2. The van der Waals surface area contributed by atoms with Crippen molar-refractivity contribution in [2.45, 2.75) is 26.9 Å². The minimum atomic E-state index is -0.113. The third kappa shape index (κ3) is 4.10. The fourth-order valence-corrected chi connectivity index (χ4v) is 3.54. The third-order valence-electron chi connectivity index (χ3n) is 5.31. The predicted octanol–water partition coefficient (Wildman–Crippen LogP) is 3.37. The second-order valence-electron chi connectivity index (χ2n) is 7.28. The first-order valence-electron chi connectivity index (χ1n) is 9.85. The van der Waals surface area contributed by atoms with Gasteiger partial charge in [-0.1, -0.05) is 30.3 Å². The van der Waals surface area contributed by atoms with Gasteiger partial charge in [0.2, 0.25) is 6.79 Å². The Morgan fingerprint density at radius 1 is 1.10 bits per heavy atom. The van der Waals surface area contributed by atoms with Crippen molar-refractivity contribution >= 4 is 5.91 Å². The van der Waals surface area contributed by atoms with Crippen LogP contribution in [-0.4, -0.2) is 34.0 Å². The average molecular weight is 407 g/mol. The maximum absolute atomic E-state index is 13.2. The van der Waals surface area contributed by atoms with E-state index in [2.05, 4.69) is 5.10 Å². The summed E-state index contributed by atoms with van der Waals surface area (Å²) in [4.78, 5) is 14.9. The molecule has 156 valence electrons. The minimum absolute atomic E-state index is 0.0469. The molecule has 30 heavy (non-hydrogen) atoms. The second-order valence-corrected chi connectivity index (χ2v) is 7.28. The number of hydrogen-bond acceptors (Lipinski definition) is 5. The van der Waals surface area contributed by atoms with Gasteiger partial charge in [-0.2, -0.15) is 5.10 Å². The van der Waals surface area contributed by atoms with Gasteiger partial charge in [0.25, 0.3) is 5.91 Å². The normalized spacial score (nSPS) is 12.1. The molecule has 1 aliphatic heterocycles. The number of benzene rings is 2. The summed E-state index contributed by atoms with van der Waals surface area (Å²) in [6.45, 7) is 4.94. The van der Waals surface area contributed by atoms with Gasteiger partial charge in [0.05, 0.1) is 5.69 Å². The molecule has 1 amide bonds. The van der Waals surface area contributed by atoms with E-state index < -0.39 is 0 Å². The largest absolute Gasteiger partial charge is 0.484 e. The highest BCUT2D eigenvalue weighted by molar-refractivity contribution is 5.78. The maximum Gasteiger partial charge on any atom is 0.261 e. The van der Waals surface area contributed by atoms with E-state index >= 15 is 0 Å². The van der Waals surface area contributed by atoms with Gasteiger partial charge in [-0.05, 0) is 32.0 Å². The van der Waals surface area contributed by atoms with Crippen LogP contribution < -0.4 is 14.2 Å². The van der Waals surface area contributed by atoms with Crippen LogP contribution in [0.4, 0.5) is 0 Å². The van der Waals surface area contributed by atoms with Crippen molar-refractivity contribution in [3.63, 3.8) is 0 Å². The highest BCUT2D eigenvalue weighted by atomic mass is 16.7. The maximum atomic E-state index is 13.2. The number of amides is 1. The third-order valence-corrected chi connectivity index (χ3v) is 5.31. The van der Waals surface area contributed by atoms with Crippen LogP contribution in [0.1, 0.15) is 22.5 Å². The van der Waals surface area contributed by atoms with Gasteiger partial charge in [-0.3, -0.25) is 9.48 Å². The summed E-state index contributed by atoms with van der Waals surface area (Å²) in [6.07, 6.45) is 0. The predicted molar refractivity (Wildman–Crippen MR) is 111 cm³/mol. The Morgan fingerprint density at radius 2 is 1.90 bits per heavy atom. The van der Waals surface area contributed by atoms with E-state index in [1.165, 1.54) is 0 Å². The molecule has 0 N–H and O–H groups in total. The molecule has 2 aromatic carbocycles. The summed E-state index contributed by atoms with van der Waals surface area (Å²) in [5.41, 5.74) is 3.88. The number of aromatic nitrogens is 2. The van der Waals surface area contributed by atoms with Gasteiger partial charge in [-0.25, -0.2) is 0 Å². The van der Waals surface area contributed by atoms with E-state index in [4.69, 9.17) is 14.2 Å². The summed E-state index contributed by atoms with van der Waals surface area (Å²) in [5.74, 6) is 1.95. The number of aryl methyl sites for hydroxylation is 2. The number of ether oxygens (including phenoxy) is 3. The molecular weight excluding hydrogens is 382 g/mol. The smallest absolute Gasteiger partial charge is 0.261 e. The molecular formula is C23H25N3O4. The van der Waals surface area contributed by atoms with E-state index in [-0.39, 0.29) is 19.3 Å². The number of hydrogen-bond donors (Lipinski definition) is 0. The van der Waals surface area contributed by atoms with Gasteiger partial charge in [0.15, 0.2) is 18.1 Å². The lowest BCUT2D eigenvalue weighted by atomic mass is 10.1. The quantitative estimate of drug-likeness (QED) is 0.601. The Hall–Kier alpha value is -3.48. The van der Waals surface area contributed by atoms with Crippen LogP contribution >= 0.6 is 0 Å². The van der Waals surface area contributed by atoms with Gasteiger partial charge < -0.3 is 19.1 Å². The summed E-state index contributed by atoms with van der Waals surface area (Å²) in [6, 6.07) is 15.1. The highest BCUT2D eigenvalue weighted by Crippen LogP contribution is 2.36. The molecule has 1 aliphatic rings. The van der Waals surface area contributed by atoms with Crippen molar-refractivity contribution in [1.29, 1.82) is 0 Å². The van der Waals surface area contributed by atoms with Crippen molar-refractivity contribution in [2.75, 3.05) is 13.4 Å². The lowest BCUT2D eigenvalue weighted by Crippen LogP contribution is -2.34. The first kappa shape index (κ1) is 19.8. The van der Waals surface area contributed by atoms with Crippen molar-refractivity contribution in [1.82, 2.24) is 14.7 Å². The monoisotopic (exact) mass is 407 g/mol. The molecule has 4 rings (SSSR count). The number of fused-ring (bicyclic) bond motifs is 1. The molecule has 0 spiro atoms. The van der Waals surface area contributed by atoms with Gasteiger partial charge in [0.1, 0.15) is 5.75 Å². The van der Waals surface area contributed by atoms with Crippen LogP contribution in [0.3, 0.4) is 0 Å². The summed E-state index contributed by atoms with van der Waals surface area (Å²) in [5, 5.41) is 4.48. The zero-order chi connectivity index (χ0) is 21.1. The molecule has 0 bridgehead atoms. The molecule has 7 heteroatoms. The molecule has 3 aromatic rings. The summed E-state index contributed by atoms with van der Waals surface area (Å²) >= 11 is 0. The molecule has 0 atom stereocenters. The Balaban J connectivity index is 1.57. The Kier molecular flexibility index (Phi) is 5.61. The summed E-state index contributed by atoms with van der Waals surface area (Å²) in [7, 11) is 1.91. The van der Waals surface area contributed by atoms with E-state index in [1.807, 2.05) is 74.1 Å². The number of carbonyl (C=O) groups is 1. The van der Waals surface area contributed by atoms with E-state index in [1.54, 1.807) is 4.90 Å². The fourth-order valence-electron chi connectivity index (χ4n) is 3.54. The van der Waals surface area contributed by atoms with Gasteiger partial charge >= 0.3 is 0 Å². The average Bonchev–Trinajstić information content (AvgIpc) is 3.33. The van der Waals surface area contributed by atoms with Crippen molar-refractivity contribution < 1.29 is 19.0 Å². The van der Waals surface area contributed by atoms with Crippen molar-refractivity contribution in [2.24, 2.45) is 7.05 Å². The van der Waals surface area contributed by atoms with Gasteiger partial charge in [0, 0.05) is 37.0 Å². The molecule has 0 saturated heterocycles. The Bertz CT molecular complexity index is 1050. The number of nitrogens with zero attached hydrogens (tertiary/aromatic N) is 3. The van der Waals surface area contributed by atoms with E-state index in [9.17, 15) is 4.79 Å². The molecule has 7 nitrogen and oxygen atoms in total. The first-order valence-corrected chi connectivity index (χ1v) is 9.85. The van der Waals surface area contributed by atoms with Crippen LogP contribution in [0.25, 0.3) is 0 Å². The first-order chi connectivity index (χ1) is 14.5. The van der Waals surface area contributed by atoms with Crippen LogP contribution in [0.15, 0.2) is 48.5 Å². The van der Waals surface area contributed by atoms with Crippen LogP contribution in [0.5, 0.6) is 17.2 Å². The Labute approximate surface area is 175 Å². The molecule has 0 fully saturated rings. The topological polar surface area (TPSA) is 65.8 Å². The fraction of sp³-hybridized carbons (Fsp3) is 0.304. The molecule has 0 unspecified atom stereocenters. The number of rotatable bonds is 7. The lowest BCUT2D eigenvalue weighted by Gasteiger charge is -2.24. The molecule has 1 aromatic heterocycles. The molecule has 0 radical (unpaired) electrons. The standard InChI is InChI=1S/C23H25N3O4/c1-16-20(17(2)25(3)24-16)13-26(22(27)14-28-19-9-5-4-6-10-19)12-18-8-7-11-21-23(18)30-15-29-21/h4-11H,12-15H2,1-3H3. The molecule has 0 aliphatic carbocycles. The van der Waals surface area contributed by atoms with Crippen molar-refractivity contribution in [3.05, 3.63) is 71.0 Å². The van der Waals surface area contributed by atoms with Crippen LogP contribution in [0, 0.1) is 13.8 Å². The SMILES string of the molecule is Cc1nn(C)c(C)c1CN(Cc1cccc2c1OCO2)C(=O)COc1ccccc1. The summed E-state index contributed by atoms with van der Waals surface area (Å²) < 4.78 is 18.7. The van der Waals surface area contributed by atoms with E-state index in [0.29, 0.717) is 30.3 Å². The molecule has 2 heterocycles. The minimum Gasteiger partial charge on any atom is -0.484 e. The highest BCUT2D eigenvalue weighted by Gasteiger charge is 2.24. The molecule has 0 saturated carbocycles. The van der Waals surface area contributed by atoms with Crippen LogP contribution in [-0.2, 0) is 24.9 Å². The van der Waals surface area contributed by atoms with Crippen LogP contribution in [0.2, 0.25) is 0 Å². The zero-order valence-corrected chi connectivity index (χ0v) is 17.4. The second kappa shape index (κ2) is 8.49. The van der Waals surface area contributed by atoms with E-state index in [0.717, 1.165) is 22.5 Å². The Morgan fingerprint density at radius 3 is 2.63 bits per heavy atom. The zero-order valence-electron chi connectivity index (χ0n) is 17.4. The van der Waals surface area contributed by atoms with Crippen molar-refractivity contribution in [3.8, 4) is 17.2 Å². The number of carbonyl (C=O) groups excluding carboxylic acids is 1. The van der Waals surface area contributed by atoms with Gasteiger partial charge in [-0.15, -0.1) is 0 Å².